The standard InChI is InChI=1S/C20H33NO2/c1-3-4-5-6-7-8-9-10-15(2)20-17-14-19(23)18(22)13-16(17)11-12-21-20/h13-15,20-23H,3-12H2,1-2H3/t15-,20-/m0/s1. The van der Waals surface area contributed by atoms with Crippen LogP contribution in [-0.2, 0) is 6.42 Å². The van der Waals surface area contributed by atoms with Crippen molar-refractivity contribution in [3.63, 3.8) is 0 Å². The van der Waals surface area contributed by atoms with Crippen molar-refractivity contribution in [2.24, 2.45) is 5.92 Å². The van der Waals surface area contributed by atoms with Crippen molar-refractivity contribution in [1.82, 2.24) is 5.32 Å². The fourth-order valence-electron chi connectivity index (χ4n) is 3.71. The van der Waals surface area contributed by atoms with Gasteiger partial charge in [-0.25, -0.2) is 0 Å². The molecule has 3 nitrogen and oxygen atoms in total. The fourth-order valence-corrected chi connectivity index (χ4v) is 3.71. The number of hydrogen-bond acceptors (Lipinski definition) is 3. The lowest BCUT2D eigenvalue weighted by atomic mass is 9.84. The van der Waals surface area contributed by atoms with E-state index < -0.39 is 0 Å². The molecule has 1 aliphatic rings. The second kappa shape index (κ2) is 9.17. The first-order valence-electron chi connectivity index (χ1n) is 9.41. The zero-order chi connectivity index (χ0) is 16.7. The number of hydrogen-bond donors (Lipinski definition) is 3. The lowest BCUT2D eigenvalue weighted by Crippen LogP contribution is -2.33. The summed E-state index contributed by atoms with van der Waals surface area (Å²) in [5.41, 5.74) is 2.34. The summed E-state index contributed by atoms with van der Waals surface area (Å²) >= 11 is 0. The van der Waals surface area contributed by atoms with Crippen molar-refractivity contribution in [2.45, 2.75) is 77.7 Å². The van der Waals surface area contributed by atoms with Gasteiger partial charge in [-0.05, 0) is 48.6 Å². The first-order valence-corrected chi connectivity index (χ1v) is 9.41. The van der Waals surface area contributed by atoms with E-state index in [-0.39, 0.29) is 11.5 Å². The SMILES string of the molecule is CCCCCCCCC[C@H](C)[C@@H]1NCCc2cc(O)c(O)cc21. The van der Waals surface area contributed by atoms with E-state index in [0.29, 0.717) is 12.0 Å². The number of nitrogens with one attached hydrogen (secondary N) is 1. The van der Waals surface area contributed by atoms with E-state index in [1.54, 1.807) is 12.1 Å². The lowest BCUT2D eigenvalue weighted by Gasteiger charge is -2.32. The average molecular weight is 319 g/mol. The predicted molar refractivity (Wildman–Crippen MR) is 96.0 cm³/mol. The number of aromatic hydroxyl groups is 2. The molecule has 0 radical (unpaired) electrons. The molecule has 1 heterocycles. The normalized spacial score (nSPS) is 18.6. The molecule has 0 saturated carbocycles. The molecule has 0 amide bonds. The van der Waals surface area contributed by atoms with E-state index in [4.69, 9.17) is 0 Å². The third-order valence-corrected chi connectivity index (χ3v) is 5.16. The largest absolute Gasteiger partial charge is 0.504 e. The summed E-state index contributed by atoms with van der Waals surface area (Å²) in [6.07, 6.45) is 11.5. The molecule has 130 valence electrons. The third kappa shape index (κ3) is 5.13. The minimum Gasteiger partial charge on any atom is -0.504 e. The van der Waals surface area contributed by atoms with Crippen LogP contribution in [0.2, 0.25) is 0 Å². The molecular weight excluding hydrogens is 286 g/mol. The first-order chi connectivity index (χ1) is 11.1. The minimum absolute atomic E-state index is 0.000532. The second-order valence-electron chi connectivity index (χ2n) is 7.11. The Morgan fingerprint density at radius 3 is 2.43 bits per heavy atom. The van der Waals surface area contributed by atoms with E-state index in [0.717, 1.165) is 13.0 Å². The van der Waals surface area contributed by atoms with E-state index in [9.17, 15) is 10.2 Å². The molecule has 0 bridgehead atoms. The van der Waals surface area contributed by atoms with Gasteiger partial charge in [-0.15, -0.1) is 0 Å². The van der Waals surface area contributed by atoms with Gasteiger partial charge in [0, 0.05) is 6.04 Å². The van der Waals surface area contributed by atoms with Crippen molar-refractivity contribution in [3.05, 3.63) is 23.3 Å². The van der Waals surface area contributed by atoms with Crippen LogP contribution in [0.4, 0.5) is 0 Å². The summed E-state index contributed by atoms with van der Waals surface area (Å²) in [6, 6.07) is 3.78. The topological polar surface area (TPSA) is 52.5 Å². The average Bonchev–Trinajstić information content (AvgIpc) is 2.54. The van der Waals surface area contributed by atoms with Gasteiger partial charge in [-0.1, -0.05) is 58.8 Å². The molecule has 2 rings (SSSR count). The van der Waals surface area contributed by atoms with E-state index in [1.165, 1.54) is 62.5 Å². The van der Waals surface area contributed by atoms with Crippen LogP contribution in [-0.4, -0.2) is 16.8 Å². The first kappa shape index (κ1) is 18.1. The van der Waals surface area contributed by atoms with Crippen LogP contribution < -0.4 is 5.32 Å². The number of fused-ring (bicyclic) bond motifs is 1. The predicted octanol–water partition coefficient (Wildman–Crippen LogP) is 5.06. The van der Waals surface area contributed by atoms with Gasteiger partial charge in [-0.2, -0.15) is 0 Å². The Morgan fingerprint density at radius 2 is 1.70 bits per heavy atom. The van der Waals surface area contributed by atoms with Gasteiger partial charge < -0.3 is 15.5 Å². The molecule has 0 aromatic heterocycles. The Morgan fingerprint density at radius 1 is 1.04 bits per heavy atom. The van der Waals surface area contributed by atoms with Crippen LogP contribution >= 0.6 is 0 Å². The quantitative estimate of drug-likeness (QED) is 0.440. The molecule has 3 heteroatoms. The van der Waals surface area contributed by atoms with Gasteiger partial charge in [-0.3, -0.25) is 0 Å². The maximum Gasteiger partial charge on any atom is 0.157 e. The molecule has 23 heavy (non-hydrogen) atoms. The van der Waals surface area contributed by atoms with Crippen LogP contribution in [0.15, 0.2) is 12.1 Å². The minimum atomic E-state index is 0.000532. The van der Waals surface area contributed by atoms with Crippen molar-refractivity contribution < 1.29 is 10.2 Å². The van der Waals surface area contributed by atoms with E-state index >= 15 is 0 Å². The maximum absolute atomic E-state index is 9.81. The Balaban J connectivity index is 1.82. The lowest BCUT2D eigenvalue weighted by molar-refractivity contribution is 0.337. The molecule has 0 fully saturated rings. The number of rotatable bonds is 9. The molecule has 1 aromatic carbocycles. The third-order valence-electron chi connectivity index (χ3n) is 5.16. The highest BCUT2D eigenvalue weighted by atomic mass is 16.3. The van der Waals surface area contributed by atoms with Crippen LogP contribution in [0.25, 0.3) is 0 Å². The highest BCUT2D eigenvalue weighted by Gasteiger charge is 2.25. The number of phenolic OH excluding ortho intramolecular Hbond substituents is 2. The number of unbranched alkanes of at least 4 members (excludes halogenated alkanes) is 6. The van der Waals surface area contributed by atoms with Gasteiger partial charge in [0.1, 0.15) is 0 Å². The van der Waals surface area contributed by atoms with Gasteiger partial charge in [0.15, 0.2) is 11.5 Å². The summed E-state index contributed by atoms with van der Waals surface area (Å²) in [4.78, 5) is 0. The Kier molecular flexibility index (Phi) is 7.22. The Bertz CT molecular complexity index is 487. The van der Waals surface area contributed by atoms with Crippen LogP contribution in [0.5, 0.6) is 11.5 Å². The molecule has 1 aromatic rings. The summed E-state index contributed by atoms with van der Waals surface area (Å²) < 4.78 is 0. The highest BCUT2D eigenvalue weighted by molar-refractivity contribution is 5.47. The van der Waals surface area contributed by atoms with Crippen LogP contribution in [0.3, 0.4) is 0 Å². The molecule has 0 aliphatic carbocycles. The summed E-state index contributed by atoms with van der Waals surface area (Å²) in [7, 11) is 0. The van der Waals surface area contributed by atoms with E-state index in [1.807, 2.05) is 0 Å². The van der Waals surface area contributed by atoms with Crippen LogP contribution in [0, 0.1) is 5.92 Å². The van der Waals surface area contributed by atoms with Crippen LogP contribution in [0.1, 0.15) is 82.4 Å². The molecular formula is C20H33NO2. The second-order valence-corrected chi connectivity index (χ2v) is 7.11. The van der Waals surface area contributed by atoms with Gasteiger partial charge in [0.2, 0.25) is 0 Å². The van der Waals surface area contributed by atoms with E-state index in [2.05, 4.69) is 19.2 Å². The zero-order valence-electron chi connectivity index (χ0n) is 14.8. The summed E-state index contributed by atoms with van der Waals surface area (Å²) in [5, 5.41) is 23.1. The monoisotopic (exact) mass is 319 g/mol. The Labute approximate surface area is 141 Å². The van der Waals surface area contributed by atoms with Crippen molar-refractivity contribution >= 4 is 0 Å². The van der Waals surface area contributed by atoms with Crippen molar-refractivity contribution in [3.8, 4) is 11.5 Å². The summed E-state index contributed by atoms with van der Waals surface area (Å²) in [5.74, 6) is 0.554. The van der Waals surface area contributed by atoms with Gasteiger partial charge in [0.25, 0.3) is 0 Å². The molecule has 3 N–H and O–H groups in total. The van der Waals surface area contributed by atoms with Crippen molar-refractivity contribution in [1.29, 1.82) is 0 Å². The molecule has 0 unspecified atom stereocenters. The number of phenols is 2. The summed E-state index contributed by atoms with van der Waals surface area (Å²) in [6.45, 7) is 5.51. The maximum atomic E-state index is 9.81. The number of benzene rings is 1. The zero-order valence-corrected chi connectivity index (χ0v) is 14.8. The Hall–Kier alpha value is -1.22. The molecule has 0 spiro atoms. The molecule has 2 atom stereocenters. The highest BCUT2D eigenvalue weighted by Crippen LogP contribution is 2.37. The molecule has 0 saturated heterocycles. The van der Waals surface area contributed by atoms with Gasteiger partial charge >= 0.3 is 0 Å². The van der Waals surface area contributed by atoms with Gasteiger partial charge in [0.05, 0.1) is 0 Å². The smallest absolute Gasteiger partial charge is 0.157 e. The molecule has 1 aliphatic heterocycles. The van der Waals surface area contributed by atoms with Crippen molar-refractivity contribution in [2.75, 3.05) is 6.54 Å². The fraction of sp³-hybridized carbons (Fsp3) is 0.700.